The predicted octanol–water partition coefficient (Wildman–Crippen LogP) is -1.38. The summed E-state index contributed by atoms with van der Waals surface area (Å²) in [6.07, 6.45) is 3.32. The van der Waals surface area contributed by atoms with E-state index in [0.29, 0.717) is 0 Å². The van der Waals surface area contributed by atoms with Crippen molar-refractivity contribution in [3.05, 3.63) is 6.42 Å². The van der Waals surface area contributed by atoms with Gasteiger partial charge in [0.1, 0.15) is 0 Å². The van der Waals surface area contributed by atoms with Crippen LogP contribution in [0.4, 0.5) is 0 Å². The minimum Gasteiger partial charge on any atom is -0.332 e. The van der Waals surface area contributed by atoms with Crippen LogP contribution in [0, 0.1) is 6.42 Å². The van der Waals surface area contributed by atoms with Crippen LogP contribution in [0.25, 0.3) is 0 Å². The molecule has 0 unspecified atom stereocenters. The minimum atomic E-state index is 0. The Balaban J connectivity index is 0. The Kier molecular flexibility index (Phi) is 18.4. The molecule has 0 atom stereocenters. The Morgan fingerprint density at radius 2 is 1.80 bits per heavy atom. The third-order valence-corrected chi connectivity index (χ3v) is 0.408. The first-order valence-corrected chi connectivity index (χ1v) is 1.69. The summed E-state index contributed by atoms with van der Waals surface area (Å²) < 4.78 is 0. The summed E-state index contributed by atoms with van der Waals surface area (Å²) in [7, 11) is 0. The fraction of sp³-hybridized carbons (Fsp3) is 0.750. The third kappa shape index (κ3) is 10.7. The molecule has 0 spiro atoms. The summed E-state index contributed by atoms with van der Waals surface area (Å²) >= 11 is 0. The first-order chi connectivity index (χ1) is 1.91. The van der Waals surface area contributed by atoms with E-state index >= 15 is 0 Å². The Hall–Kier alpha value is 1.81. The van der Waals surface area contributed by atoms with Crippen molar-refractivity contribution in [2.24, 2.45) is 0 Å². The van der Waals surface area contributed by atoms with Crippen molar-refractivity contribution in [2.75, 3.05) is 0 Å². The van der Waals surface area contributed by atoms with Crippen LogP contribution in [0.15, 0.2) is 0 Å². The SMILES string of the molecule is C[CH-]CC.[Rb+]. The second kappa shape index (κ2) is 9.26. The van der Waals surface area contributed by atoms with Crippen LogP contribution in [0.1, 0.15) is 20.3 Å². The van der Waals surface area contributed by atoms with Crippen LogP contribution in [-0.4, -0.2) is 0 Å². The van der Waals surface area contributed by atoms with Gasteiger partial charge in [0.25, 0.3) is 0 Å². The Bertz CT molecular complexity index is 5.61. The van der Waals surface area contributed by atoms with E-state index in [9.17, 15) is 0 Å². The van der Waals surface area contributed by atoms with Crippen molar-refractivity contribution in [3.63, 3.8) is 0 Å². The second-order valence-electron chi connectivity index (χ2n) is 0.816. The van der Waals surface area contributed by atoms with Crippen molar-refractivity contribution in [3.8, 4) is 0 Å². The molecular weight excluding hydrogens is 134 g/mol. The van der Waals surface area contributed by atoms with Gasteiger partial charge in [0.2, 0.25) is 0 Å². The summed E-state index contributed by atoms with van der Waals surface area (Å²) in [6.45, 7) is 4.18. The molecule has 0 radical (unpaired) electrons. The minimum absolute atomic E-state index is 0. The Labute approximate surface area is 83.1 Å². The van der Waals surface area contributed by atoms with Gasteiger partial charge in [-0.3, -0.25) is 0 Å². The van der Waals surface area contributed by atoms with Crippen LogP contribution < -0.4 is 58.2 Å². The summed E-state index contributed by atoms with van der Waals surface area (Å²) in [6, 6.07) is 0. The maximum atomic E-state index is 2.12. The number of hydrogen-bond acceptors (Lipinski definition) is 0. The zero-order valence-electron chi connectivity index (χ0n) is 4.28. The van der Waals surface area contributed by atoms with Gasteiger partial charge in [-0.2, -0.15) is 13.3 Å². The molecule has 0 aliphatic carbocycles. The average Bonchev–Trinajstić information content (AvgIpc) is 1.37. The number of unbranched alkanes of at least 4 members (excludes halogenated alkanes) is 1. The Morgan fingerprint density at radius 1 is 1.60 bits per heavy atom. The van der Waals surface area contributed by atoms with E-state index in [4.69, 9.17) is 0 Å². The molecular formula is C4H9Rb. The monoisotopic (exact) mass is 142 g/mol. The average molecular weight is 143 g/mol. The molecule has 0 aromatic heterocycles. The normalized spacial score (nSPS) is 6.00. The van der Waals surface area contributed by atoms with Crippen molar-refractivity contribution < 1.29 is 58.2 Å². The first-order valence-electron chi connectivity index (χ1n) is 1.69. The van der Waals surface area contributed by atoms with Crippen molar-refractivity contribution in [1.82, 2.24) is 0 Å². The van der Waals surface area contributed by atoms with Gasteiger partial charge in [-0.05, 0) is 0 Å². The van der Waals surface area contributed by atoms with Crippen LogP contribution in [0.2, 0.25) is 0 Å². The molecule has 0 N–H and O–H groups in total. The molecule has 0 aliphatic rings. The van der Waals surface area contributed by atoms with E-state index < -0.39 is 0 Å². The van der Waals surface area contributed by atoms with Crippen molar-refractivity contribution >= 4 is 0 Å². The van der Waals surface area contributed by atoms with Gasteiger partial charge in [-0.1, -0.05) is 6.92 Å². The van der Waals surface area contributed by atoms with E-state index in [-0.39, 0.29) is 58.2 Å². The fourth-order valence-electron chi connectivity index (χ4n) is 0. The number of rotatable bonds is 1. The first kappa shape index (κ1) is 9.93. The van der Waals surface area contributed by atoms with Gasteiger partial charge in [0.15, 0.2) is 0 Å². The second-order valence-corrected chi connectivity index (χ2v) is 0.816. The quantitative estimate of drug-likeness (QED) is 0.396. The van der Waals surface area contributed by atoms with Crippen molar-refractivity contribution in [2.45, 2.75) is 20.3 Å². The maximum Gasteiger partial charge on any atom is 1.00 e. The zero-order valence-corrected chi connectivity index (χ0v) is 9.20. The molecule has 0 aliphatic heterocycles. The fourth-order valence-corrected chi connectivity index (χ4v) is 0. The molecule has 0 aromatic rings. The largest absolute Gasteiger partial charge is 1.00 e. The molecule has 5 heavy (non-hydrogen) atoms. The molecule has 0 nitrogen and oxygen atoms in total. The zero-order chi connectivity index (χ0) is 3.41. The Morgan fingerprint density at radius 3 is 1.80 bits per heavy atom. The van der Waals surface area contributed by atoms with Crippen LogP contribution in [0.3, 0.4) is 0 Å². The van der Waals surface area contributed by atoms with Gasteiger partial charge in [-0.25, -0.2) is 0 Å². The van der Waals surface area contributed by atoms with E-state index in [1.807, 2.05) is 0 Å². The molecule has 0 saturated heterocycles. The van der Waals surface area contributed by atoms with Gasteiger partial charge in [0.05, 0.1) is 0 Å². The summed E-state index contributed by atoms with van der Waals surface area (Å²) in [5, 5.41) is 0. The summed E-state index contributed by atoms with van der Waals surface area (Å²) in [5.41, 5.74) is 0. The standard InChI is InChI=1S/C4H9.Rb/c1-3-4-2;/h3H,4H2,1-2H3;/q-1;+1. The maximum absolute atomic E-state index is 2.12. The van der Waals surface area contributed by atoms with E-state index in [2.05, 4.69) is 20.3 Å². The number of hydrogen-bond donors (Lipinski definition) is 0. The van der Waals surface area contributed by atoms with Crippen LogP contribution in [-0.2, 0) is 0 Å². The van der Waals surface area contributed by atoms with Gasteiger partial charge in [-0.15, -0.1) is 0 Å². The molecule has 0 heterocycles. The van der Waals surface area contributed by atoms with Gasteiger partial charge >= 0.3 is 58.2 Å². The predicted molar refractivity (Wildman–Crippen MR) is 20.3 cm³/mol. The molecule has 26 valence electrons. The molecule has 0 aromatic carbocycles. The smallest absolute Gasteiger partial charge is 0.332 e. The molecule has 0 rings (SSSR count). The third-order valence-electron chi connectivity index (χ3n) is 0.408. The van der Waals surface area contributed by atoms with E-state index in [1.54, 1.807) is 0 Å². The van der Waals surface area contributed by atoms with Crippen LogP contribution in [0.5, 0.6) is 0 Å². The molecule has 0 saturated carbocycles. The van der Waals surface area contributed by atoms with E-state index in [0.717, 1.165) is 0 Å². The summed E-state index contributed by atoms with van der Waals surface area (Å²) in [5.74, 6) is 0. The molecule has 0 fully saturated rings. The van der Waals surface area contributed by atoms with Gasteiger partial charge < -0.3 is 6.42 Å². The van der Waals surface area contributed by atoms with E-state index in [1.165, 1.54) is 6.42 Å². The van der Waals surface area contributed by atoms with Gasteiger partial charge in [0, 0.05) is 0 Å². The topological polar surface area (TPSA) is 0 Å². The molecule has 0 bridgehead atoms. The van der Waals surface area contributed by atoms with Crippen molar-refractivity contribution in [1.29, 1.82) is 0 Å². The summed E-state index contributed by atoms with van der Waals surface area (Å²) in [4.78, 5) is 0. The molecule has 1 heteroatoms. The van der Waals surface area contributed by atoms with Crippen LogP contribution >= 0.6 is 0 Å². The molecule has 0 amide bonds.